The van der Waals surface area contributed by atoms with Crippen molar-refractivity contribution < 1.29 is 14.6 Å². The molecule has 0 spiro atoms. The Morgan fingerprint density at radius 3 is 2.81 bits per heavy atom. The molecule has 0 aliphatic carbocycles. The van der Waals surface area contributed by atoms with E-state index in [1.165, 1.54) is 6.08 Å². The fourth-order valence-corrected chi connectivity index (χ4v) is 1.13. The van der Waals surface area contributed by atoms with Crippen LogP contribution in [-0.2, 0) is 4.79 Å². The molecule has 0 fully saturated rings. The van der Waals surface area contributed by atoms with E-state index in [1.54, 1.807) is 18.2 Å². The molecule has 0 amide bonds. The molecule has 1 atom stereocenters. The van der Waals surface area contributed by atoms with E-state index in [4.69, 9.17) is 9.84 Å². The number of aliphatic carboxylic acids is 1. The summed E-state index contributed by atoms with van der Waals surface area (Å²) in [6, 6.07) is 7.25. The largest absolute Gasteiger partial charge is 0.486 e. The van der Waals surface area contributed by atoms with Gasteiger partial charge in [0, 0.05) is 11.6 Å². The van der Waals surface area contributed by atoms with E-state index in [1.807, 2.05) is 19.1 Å². The average Bonchev–Trinajstić information content (AvgIpc) is 2.27. The van der Waals surface area contributed by atoms with Crippen LogP contribution in [0.5, 0.6) is 5.75 Å². The third kappa shape index (κ3) is 3.61. The number of benzene rings is 1. The van der Waals surface area contributed by atoms with Crippen molar-refractivity contribution in [3.05, 3.63) is 48.6 Å². The third-order valence-corrected chi connectivity index (χ3v) is 1.97. The first-order valence-electron chi connectivity index (χ1n) is 4.92. The molecule has 0 aliphatic heterocycles. The summed E-state index contributed by atoms with van der Waals surface area (Å²) in [6.07, 6.45) is 4.16. The molecule has 1 aromatic rings. The zero-order valence-corrected chi connectivity index (χ0v) is 9.09. The van der Waals surface area contributed by atoms with Crippen LogP contribution in [0.15, 0.2) is 43.0 Å². The second-order valence-corrected chi connectivity index (χ2v) is 3.27. The van der Waals surface area contributed by atoms with Gasteiger partial charge in [0.05, 0.1) is 0 Å². The summed E-state index contributed by atoms with van der Waals surface area (Å²) in [7, 11) is 0. The molecule has 3 nitrogen and oxygen atoms in total. The first-order valence-corrected chi connectivity index (χ1v) is 4.92. The van der Waals surface area contributed by atoms with Gasteiger partial charge in [-0.3, -0.25) is 0 Å². The third-order valence-electron chi connectivity index (χ3n) is 1.97. The van der Waals surface area contributed by atoms with Crippen LogP contribution in [0.2, 0.25) is 0 Å². The molecule has 3 heteroatoms. The number of hydrogen-bond acceptors (Lipinski definition) is 2. The number of carboxylic acids is 1. The molecule has 1 aromatic carbocycles. The van der Waals surface area contributed by atoms with Crippen molar-refractivity contribution in [1.82, 2.24) is 0 Å². The Morgan fingerprint density at radius 2 is 2.19 bits per heavy atom. The van der Waals surface area contributed by atoms with Gasteiger partial charge in [-0.2, -0.15) is 0 Å². The number of para-hydroxylation sites is 1. The highest BCUT2D eigenvalue weighted by molar-refractivity contribution is 5.85. The summed E-state index contributed by atoms with van der Waals surface area (Å²) in [5, 5.41) is 8.55. The predicted molar refractivity (Wildman–Crippen MR) is 63.4 cm³/mol. The van der Waals surface area contributed by atoms with Crippen molar-refractivity contribution >= 4 is 12.0 Å². The highest BCUT2D eigenvalue weighted by Crippen LogP contribution is 2.20. The topological polar surface area (TPSA) is 46.5 Å². The van der Waals surface area contributed by atoms with Gasteiger partial charge in [0.25, 0.3) is 0 Å². The van der Waals surface area contributed by atoms with Crippen molar-refractivity contribution in [2.24, 2.45) is 0 Å². The molecule has 0 bridgehead atoms. The van der Waals surface area contributed by atoms with E-state index < -0.39 is 5.97 Å². The lowest BCUT2D eigenvalue weighted by molar-refractivity contribution is -0.131. The SMILES string of the molecule is C=CC(C)Oc1ccccc1C=CC(=O)O. The van der Waals surface area contributed by atoms with Gasteiger partial charge in [-0.1, -0.05) is 30.9 Å². The highest BCUT2D eigenvalue weighted by atomic mass is 16.5. The zero-order valence-electron chi connectivity index (χ0n) is 9.09. The number of hydrogen-bond donors (Lipinski definition) is 1. The van der Waals surface area contributed by atoms with Crippen LogP contribution in [0.3, 0.4) is 0 Å². The standard InChI is InChI=1S/C13H14O3/c1-3-10(2)16-12-7-5-4-6-11(12)8-9-13(14)15/h3-10H,1H2,2H3,(H,14,15). The van der Waals surface area contributed by atoms with Gasteiger partial charge in [-0.05, 0) is 19.1 Å². The van der Waals surface area contributed by atoms with Gasteiger partial charge in [0.1, 0.15) is 11.9 Å². The van der Waals surface area contributed by atoms with Crippen LogP contribution < -0.4 is 4.74 Å². The van der Waals surface area contributed by atoms with E-state index in [-0.39, 0.29) is 6.10 Å². The maximum atomic E-state index is 10.4. The average molecular weight is 218 g/mol. The van der Waals surface area contributed by atoms with Crippen LogP contribution in [0.4, 0.5) is 0 Å². The lowest BCUT2D eigenvalue weighted by Gasteiger charge is -2.12. The minimum Gasteiger partial charge on any atom is -0.486 e. The van der Waals surface area contributed by atoms with Gasteiger partial charge in [-0.15, -0.1) is 0 Å². The number of carboxylic acid groups (broad SMARTS) is 1. The van der Waals surface area contributed by atoms with Crippen molar-refractivity contribution in [2.45, 2.75) is 13.0 Å². The van der Waals surface area contributed by atoms with Gasteiger partial charge in [0.15, 0.2) is 0 Å². The van der Waals surface area contributed by atoms with Gasteiger partial charge in [0.2, 0.25) is 0 Å². The molecular weight excluding hydrogens is 204 g/mol. The van der Waals surface area contributed by atoms with E-state index in [9.17, 15) is 4.79 Å². The van der Waals surface area contributed by atoms with Crippen LogP contribution >= 0.6 is 0 Å². The Bertz CT molecular complexity index is 407. The summed E-state index contributed by atoms with van der Waals surface area (Å²) in [5.41, 5.74) is 0.735. The van der Waals surface area contributed by atoms with Crippen LogP contribution in [-0.4, -0.2) is 17.2 Å². The fourth-order valence-electron chi connectivity index (χ4n) is 1.13. The summed E-state index contributed by atoms with van der Waals surface area (Å²) >= 11 is 0. The Balaban J connectivity index is 2.91. The Morgan fingerprint density at radius 1 is 1.50 bits per heavy atom. The van der Waals surface area contributed by atoms with Crippen LogP contribution in [0, 0.1) is 0 Å². The lowest BCUT2D eigenvalue weighted by Crippen LogP contribution is -2.08. The molecule has 1 unspecified atom stereocenters. The maximum Gasteiger partial charge on any atom is 0.328 e. The monoisotopic (exact) mass is 218 g/mol. The molecule has 0 heterocycles. The quantitative estimate of drug-likeness (QED) is 0.610. The lowest BCUT2D eigenvalue weighted by atomic mass is 10.2. The van der Waals surface area contributed by atoms with Crippen LogP contribution in [0.25, 0.3) is 6.08 Å². The second-order valence-electron chi connectivity index (χ2n) is 3.27. The van der Waals surface area contributed by atoms with Crippen LogP contribution in [0.1, 0.15) is 12.5 Å². The Kier molecular flexibility index (Phi) is 4.33. The molecule has 0 radical (unpaired) electrons. The number of ether oxygens (including phenoxy) is 1. The fraction of sp³-hybridized carbons (Fsp3) is 0.154. The number of rotatable bonds is 5. The molecule has 1 rings (SSSR count). The molecule has 84 valence electrons. The summed E-state index contributed by atoms with van der Waals surface area (Å²) in [6.45, 7) is 5.49. The highest BCUT2D eigenvalue weighted by Gasteiger charge is 2.03. The minimum atomic E-state index is -0.980. The first-order chi connectivity index (χ1) is 7.63. The van der Waals surface area contributed by atoms with E-state index in [0.717, 1.165) is 11.6 Å². The molecule has 0 aromatic heterocycles. The second kappa shape index (κ2) is 5.75. The van der Waals surface area contributed by atoms with Gasteiger partial charge < -0.3 is 9.84 Å². The molecule has 16 heavy (non-hydrogen) atoms. The zero-order chi connectivity index (χ0) is 12.0. The molecule has 0 saturated carbocycles. The van der Waals surface area contributed by atoms with E-state index in [2.05, 4.69) is 6.58 Å². The minimum absolute atomic E-state index is 0.112. The van der Waals surface area contributed by atoms with Gasteiger partial charge in [-0.25, -0.2) is 4.79 Å². The van der Waals surface area contributed by atoms with Crippen molar-refractivity contribution in [3.8, 4) is 5.75 Å². The van der Waals surface area contributed by atoms with Gasteiger partial charge >= 0.3 is 5.97 Å². The van der Waals surface area contributed by atoms with E-state index >= 15 is 0 Å². The van der Waals surface area contributed by atoms with E-state index in [0.29, 0.717) is 5.75 Å². The number of carbonyl (C=O) groups is 1. The Hall–Kier alpha value is -2.03. The molecule has 1 N–H and O–H groups in total. The van der Waals surface area contributed by atoms with Crippen molar-refractivity contribution in [3.63, 3.8) is 0 Å². The maximum absolute atomic E-state index is 10.4. The molecule has 0 aliphatic rings. The van der Waals surface area contributed by atoms with Crippen molar-refractivity contribution in [1.29, 1.82) is 0 Å². The smallest absolute Gasteiger partial charge is 0.328 e. The van der Waals surface area contributed by atoms with Crippen molar-refractivity contribution in [2.75, 3.05) is 0 Å². The predicted octanol–water partition coefficient (Wildman–Crippen LogP) is 2.74. The normalized spacial score (nSPS) is 12.3. The molecule has 0 saturated heterocycles. The summed E-state index contributed by atoms with van der Waals surface area (Å²) in [4.78, 5) is 10.4. The first kappa shape index (κ1) is 12.0. The summed E-state index contributed by atoms with van der Waals surface area (Å²) < 4.78 is 5.56. The molecular formula is C13H14O3. The summed E-state index contributed by atoms with van der Waals surface area (Å²) in [5.74, 6) is -0.334. The Labute approximate surface area is 94.7 Å².